The first-order valence-corrected chi connectivity index (χ1v) is 34.4. The number of amides is 3. The number of carboxylic acid groups (broad SMARTS) is 2. The summed E-state index contributed by atoms with van der Waals surface area (Å²) in [5.41, 5.74) is 16.9. The predicted octanol–water partition coefficient (Wildman–Crippen LogP) is 11.4. The topological polar surface area (TPSA) is 341 Å². The number of aryl methyl sites for hydroxylation is 3. The summed E-state index contributed by atoms with van der Waals surface area (Å²) >= 11 is 13.4. The van der Waals surface area contributed by atoms with Crippen LogP contribution >= 0.6 is 45.8 Å². The van der Waals surface area contributed by atoms with Gasteiger partial charge in [-0.1, -0.05) is 35.3 Å². The van der Waals surface area contributed by atoms with Gasteiger partial charge < -0.3 is 50.8 Å². The number of ether oxygens (including phenoxy) is 2. The van der Waals surface area contributed by atoms with Gasteiger partial charge in [0.2, 0.25) is 5.91 Å². The van der Waals surface area contributed by atoms with E-state index in [9.17, 15) is 23.2 Å². The smallest absolute Gasteiger partial charge is 0.410 e. The average Bonchev–Trinajstić information content (AvgIpc) is 1.65. The first-order valence-electron chi connectivity index (χ1n) is 32.5. The molecule has 6 N–H and O–H groups in total. The normalized spacial score (nSPS) is 13.3. The monoisotopic (exact) mass is 1640 g/mol. The van der Waals surface area contributed by atoms with Crippen molar-refractivity contribution in [2.45, 2.75) is 160 Å². The molecule has 35 heteroatoms. The van der Waals surface area contributed by atoms with Gasteiger partial charge in [-0.15, -0.1) is 0 Å². The third-order valence-corrected chi connectivity index (χ3v) is 16.2. The zero-order chi connectivity index (χ0) is 76.0. The number of aliphatic carboxylic acids is 2. The fraction of sp³-hybridized carbons (Fsp3) is 0.406. The molecule has 104 heavy (non-hydrogen) atoms. The van der Waals surface area contributed by atoms with Crippen LogP contribution < -0.4 is 11.1 Å². The number of aromatic nitrogens is 14. The van der Waals surface area contributed by atoms with Crippen LogP contribution in [0.3, 0.4) is 0 Å². The first-order chi connectivity index (χ1) is 48.5. The van der Waals surface area contributed by atoms with E-state index in [1.807, 2.05) is 143 Å². The molecule has 4 aliphatic heterocycles. The number of benzene rings is 2. The number of carboxylic acids is 2. The second-order valence-electron chi connectivity index (χ2n) is 25.8. The molecule has 4 aliphatic rings. The Balaban J connectivity index is 0.000000228. The van der Waals surface area contributed by atoms with Gasteiger partial charge in [0.1, 0.15) is 39.9 Å². The fourth-order valence-corrected chi connectivity index (χ4v) is 10.7. The number of fused-ring (bicyclic) bond motifs is 4. The number of nitrogens with zero attached hydrogens (tertiary/aromatic N) is 17. The first kappa shape index (κ1) is 85.4. The minimum absolute atomic E-state index is 0. The Labute approximate surface area is 636 Å². The summed E-state index contributed by atoms with van der Waals surface area (Å²) in [6.07, 6.45) is 21.5. The molecule has 0 aliphatic carbocycles. The van der Waals surface area contributed by atoms with Crippen molar-refractivity contribution in [2.24, 2.45) is 0 Å². The summed E-state index contributed by atoms with van der Waals surface area (Å²) in [7, 11) is 0. The number of carbonyl (C=O) groups excluding carboxylic acids is 3. The zero-order valence-electron chi connectivity index (χ0n) is 60.2. The summed E-state index contributed by atoms with van der Waals surface area (Å²) in [6, 6.07) is 8.44. The molecule has 7 aromatic heterocycles. The van der Waals surface area contributed by atoms with Crippen molar-refractivity contribution in [2.75, 3.05) is 31.9 Å². The number of anilines is 1. The van der Waals surface area contributed by atoms with E-state index < -0.39 is 34.8 Å². The van der Waals surface area contributed by atoms with Gasteiger partial charge in [-0.3, -0.25) is 33.1 Å². The van der Waals surface area contributed by atoms with Gasteiger partial charge in [-0.25, -0.2) is 32.4 Å². The molecule has 9 aromatic rings. The van der Waals surface area contributed by atoms with Crippen molar-refractivity contribution in [1.29, 1.82) is 5.41 Å². The van der Waals surface area contributed by atoms with Gasteiger partial charge in [0.15, 0.2) is 0 Å². The van der Waals surface area contributed by atoms with E-state index >= 15 is 0 Å². The van der Waals surface area contributed by atoms with Crippen LogP contribution in [-0.2, 0) is 99.7 Å². The van der Waals surface area contributed by atoms with Crippen molar-refractivity contribution in [3.63, 3.8) is 0 Å². The molecule has 13 rings (SSSR count). The van der Waals surface area contributed by atoms with Crippen molar-refractivity contribution in [3.05, 3.63) is 180 Å². The van der Waals surface area contributed by atoms with E-state index in [0.29, 0.717) is 63.6 Å². The van der Waals surface area contributed by atoms with E-state index in [1.165, 1.54) is 47.8 Å². The molecule has 29 nitrogen and oxygen atoms in total. The summed E-state index contributed by atoms with van der Waals surface area (Å²) in [5.74, 6) is -2.61. The second-order valence-corrected chi connectivity index (χ2v) is 27.7. The van der Waals surface area contributed by atoms with Crippen molar-refractivity contribution < 1.29 is 69.5 Å². The number of carbonyl (C=O) groups is 5. The van der Waals surface area contributed by atoms with Crippen molar-refractivity contribution in [1.82, 2.24) is 88.5 Å². The Morgan fingerprint density at radius 2 is 0.971 bits per heavy atom. The Bertz CT molecular complexity index is 4370. The molecule has 0 saturated heterocycles. The number of nitrogens with one attached hydrogen (secondary N) is 2. The van der Waals surface area contributed by atoms with Crippen molar-refractivity contribution >= 4 is 87.7 Å². The maximum atomic E-state index is 13.3. The third kappa shape index (κ3) is 26.5. The van der Waals surface area contributed by atoms with Gasteiger partial charge >= 0.3 is 12.2 Å². The number of hydrogen-bond donors (Lipinski definition) is 5. The quantitative estimate of drug-likeness (QED) is 0.0447. The molecule has 0 spiro atoms. The molecular formula is C69H89Cl2CuF2IN20O9. The number of hydrogen-bond acceptors (Lipinski definition) is 17. The molecule has 3 amide bonds. The van der Waals surface area contributed by atoms with Gasteiger partial charge in [0.05, 0.1) is 132 Å². The van der Waals surface area contributed by atoms with Gasteiger partial charge in [0, 0.05) is 94.1 Å². The van der Waals surface area contributed by atoms with E-state index in [-0.39, 0.29) is 51.6 Å². The second kappa shape index (κ2) is 39.6. The Morgan fingerprint density at radius 3 is 1.36 bits per heavy atom. The van der Waals surface area contributed by atoms with E-state index in [4.69, 9.17) is 63.6 Å². The van der Waals surface area contributed by atoms with E-state index in [2.05, 4.69) is 63.6 Å². The van der Waals surface area contributed by atoms with Gasteiger partial charge in [-0.2, -0.15) is 35.7 Å². The molecule has 11 heterocycles. The van der Waals surface area contributed by atoms with Gasteiger partial charge in [-0.05, 0) is 157 Å². The van der Waals surface area contributed by atoms with Crippen LogP contribution in [0, 0.1) is 41.4 Å². The Morgan fingerprint density at radius 1 is 0.587 bits per heavy atom. The minimum Gasteiger partial charge on any atom is -0.481 e. The molecular weight excluding hydrogens is 1550 g/mol. The standard InChI is InChI=1S/C18H17ClFN5O.C15H21N5O2.C11H16IN3O2.C10H13N5.C6H5ClFN.C5H9N.2C2H4O2.Cu/c1-12-8-21-25(10-12)16-9-22-24-5-4-23(11-17(16)24)18(26)7-13-2-3-15(20)14(19)6-13;1-11-7-16-20(9-11)12-8-17-19-6-5-18(10-13(12)19)14(21)22-15(2,3)4;1-11(2,3)17-10(16)14-4-5-15-9(7-14)8(12)6-13-15;1-8-4-12-15(7-8)10-6-13-14-3-2-11-5-9(10)14;7-5-3-4(9)1-2-6(5)8;1-3-5(2)4-6;2*1-2(3)4;/h2-3,6,8-10H,4-5,7,11H2,1H3;7-9H,5-6,10H2,1-4H3;6H,4-5,7H2,1-3H3;4,6-7,11H,2-3,5H2,1H3;1-3H,9H2;3-4,6H,1-2H3;2*1H3,(H,3,4);/b;;;;;5-3-,6-4?;;;. The number of allylic oxidation sites excluding steroid dienone is 2. The van der Waals surface area contributed by atoms with Crippen LogP contribution in [0.1, 0.15) is 114 Å². The van der Waals surface area contributed by atoms with Crippen LogP contribution in [0.5, 0.6) is 0 Å². The molecule has 0 atom stereocenters. The minimum atomic E-state index is -0.833. The Kier molecular flexibility index (Phi) is 32.5. The molecule has 565 valence electrons. The maximum absolute atomic E-state index is 13.3. The largest absolute Gasteiger partial charge is 0.481 e. The predicted molar refractivity (Wildman–Crippen MR) is 393 cm³/mol. The summed E-state index contributed by atoms with van der Waals surface area (Å²) in [5, 5.41) is 55.2. The third-order valence-electron chi connectivity index (χ3n) is 14.7. The number of rotatable bonds is 6. The molecule has 0 fully saturated rings. The number of nitrogen functional groups attached to an aromatic ring is 1. The zero-order valence-corrected chi connectivity index (χ0v) is 64.8. The molecule has 0 bridgehead atoms. The molecule has 1 radical (unpaired) electrons. The van der Waals surface area contributed by atoms with E-state index in [1.54, 1.807) is 54.9 Å². The summed E-state index contributed by atoms with van der Waals surface area (Å²) in [6.45, 7) is 31.4. The van der Waals surface area contributed by atoms with Crippen molar-refractivity contribution in [3.8, 4) is 17.1 Å². The maximum Gasteiger partial charge on any atom is 0.410 e. The van der Waals surface area contributed by atoms with Crippen LogP contribution in [0.2, 0.25) is 10.0 Å². The van der Waals surface area contributed by atoms with Crippen LogP contribution in [-0.4, -0.2) is 167 Å². The van der Waals surface area contributed by atoms with Crippen LogP contribution in [0.15, 0.2) is 110 Å². The van der Waals surface area contributed by atoms with Crippen LogP contribution in [0.25, 0.3) is 17.1 Å². The van der Waals surface area contributed by atoms with Crippen LogP contribution in [0.4, 0.5) is 24.1 Å². The summed E-state index contributed by atoms with van der Waals surface area (Å²) < 4.78 is 50.8. The number of nitrogens with two attached hydrogens (primary N) is 1. The molecule has 2 aromatic carbocycles. The SMILES string of the molecule is C/C=C(/C)C=N.CC(=O)O.CC(=O)O.CC(C)(C)OC(=O)N1CCn2ncc(I)c2C1.Cc1cnn(-c2cnn3c2CN(C(=O)Cc2ccc(F)c(Cl)c2)CC3)c1.Cc1cnn(-c2cnn3c2CN(C(=O)OC(C)(C)C)CC3)c1.Cc1cnn(-c2cnn3c2CNCC3)c1.Nc1ccc(F)c(Cl)c1.[Cu]. The van der Waals surface area contributed by atoms with Gasteiger partial charge in [0.25, 0.3) is 11.9 Å². The fourth-order valence-electron chi connectivity index (χ4n) is 9.76. The summed E-state index contributed by atoms with van der Waals surface area (Å²) in [4.78, 5) is 60.1. The number of halogens is 5. The molecule has 0 saturated carbocycles. The average molecular weight is 1640 g/mol. The van der Waals surface area contributed by atoms with E-state index in [0.717, 1.165) is 94.4 Å². The Hall–Kier alpha value is -9.28. The molecule has 0 unspecified atom stereocenters.